The summed E-state index contributed by atoms with van der Waals surface area (Å²) in [5.41, 5.74) is 5.24. The molecule has 0 saturated heterocycles. The molecule has 1 saturated carbocycles. The zero-order valence-corrected chi connectivity index (χ0v) is 14.6. The van der Waals surface area contributed by atoms with Crippen molar-refractivity contribution in [2.24, 2.45) is 0 Å². The molecule has 2 aliphatic rings. The number of ether oxygens (including phenoxy) is 2. The molecule has 2 N–H and O–H groups in total. The number of fused-ring (bicyclic) bond motifs is 1. The molecule has 1 unspecified atom stereocenters. The highest BCUT2D eigenvalue weighted by Gasteiger charge is 2.51. The van der Waals surface area contributed by atoms with Gasteiger partial charge in [-0.1, -0.05) is 35.9 Å². The highest BCUT2D eigenvalue weighted by molar-refractivity contribution is 6.30. The van der Waals surface area contributed by atoms with Gasteiger partial charge in [-0.3, -0.25) is 20.4 Å². The number of halogens is 1. The van der Waals surface area contributed by atoms with Crippen LogP contribution in [0.4, 0.5) is 0 Å². The standard InChI is InChI=1S/C19H17ClN2O4/c20-13-7-5-12(6-8-13)19(9-10-19)18(24)22-21-17(23)16-11-25-14-3-1-2-4-15(14)26-16/h1-8,16H,9-11H2,(H,21,23)(H,22,24). The molecule has 1 heterocycles. The van der Waals surface area contributed by atoms with E-state index in [1.54, 1.807) is 30.3 Å². The van der Waals surface area contributed by atoms with Crippen LogP contribution in [0.25, 0.3) is 0 Å². The van der Waals surface area contributed by atoms with Gasteiger partial charge < -0.3 is 9.47 Å². The first-order chi connectivity index (χ1) is 12.6. The third kappa shape index (κ3) is 3.08. The maximum absolute atomic E-state index is 12.6. The molecular weight excluding hydrogens is 356 g/mol. The summed E-state index contributed by atoms with van der Waals surface area (Å²) in [5, 5.41) is 0.619. The van der Waals surface area contributed by atoms with Gasteiger partial charge in [0.2, 0.25) is 12.0 Å². The molecule has 2 amide bonds. The van der Waals surface area contributed by atoms with Crippen molar-refractivity contribution in [2.75, 3.05) is 6.61 Å². The van der Waals surface area contributed by atoms with Crippen molar-refractivity contribution < 1.29 is 19.1 Å². The second-order valence-corrected chi connectivity index (χ2v) is 6.83. The third-order valence-electron chi connectivity index (χ3n) is 4.68. The highest BCUT2D eigenvalue weighted by atomic mass is 35.5. The summed E-state index contributed by atoms with van der Waals surface area (Å²) in [5.74, 6) is 0.398. The Bertz CT molecular complexity index is 849. The number of hydrogen-bond donors (Lipinski definition) is 2. The summed E-state index contributed by atoms with van der Waals surface area (Å²) < 4.78 is 11.1. The zero-order valence-electron chi connectivity index (χ0n) is 13.8. The number of benzene rings is 2. The minimum absolute atomic E-state index is 0.0844. The lowest BCUT2D eigenvalue weighted by molar-refractivity contribution is -0.135. The lowest BCUT2D eigenvalue weighted by atomic mass is 9.95. The molecule has 1 atom stereocenters. The van der Waals surface area contributed by atoms with Gasteiger partial charge in [0, 0.05) is 5.02 Å². The topological polar surface area (TPSA) is 76.7 Å². The smallest absolute Gasteiger partial charge is 0.283 e. The van der Waals surface area contributed by atoms with Crippen LogP contribution in [-0.4, -0.2) is 24.5 Å². The van der Waals surface area contributed by atoms with E-state index < -0.39 is 17.4 Å². The van der Waals surface area contributed by atoms with E-state index in [9.17, 15) is 9.59 Å². The maximum atomic E-state index is 12.6. The van der Waals surface area contributed by atoms with Gasteiger partial charge in [-0.15, -0.1) is 0 Å². The summed E-state index contributed by atoms with van der Waals surface area (Å²) in [4.78, 5) is 24.9. The summed E-state index contributed by atoms with van der Waals surface area (Å²) in [6.07, 6.45) is 0.635. The van der Waals surface area contributed by atoms with E-state index in [0.29, 0.717) is 16.5 Å². The number of rotatable bonds is 3. The molecule has 6 nitrogen and oxygen atoms in total. The first-order valence-electron chi connectivity index (χ1n) is 8.33. The quantitative estimate of drug-likeness (QED) is 0.811. The SMILES string of the molecule is O=C(NNC(=O)C1(c2ccc(Cl)cc2)CC1)C1COc2ccccc2O1. The predicted octanol–water partition coefficient (Wildman–Crippen LogP) is 2.36. The molecule has 1 aliphatic heterocycles. The van der Waals surface area contributed by atoms with E-state index in [-0.39, 0.29) is 12.5 Å². The lowest BCUT2D eigenvalue weighted by Gasteiger charge is -2.26. The fourth-order valence-corrected chi connectivity index (χ4v) is 3.13. The first-order valence-corrected chi connectivity index (χ1v) is 8.71. The Labute approximate surface area is 155 Å². The van der Waals surface area contributed by atoms with Crippen LogP contribution in [0.3, 0.4) is 0 Å². The van der Waals surface area contributed by atoms with Crippen LogP contribution >= 0.6 is 11.6 Å². The van der Waals surface area contributed by atoms with Crippen LogP contribution in [0.5, 0.6) is 11.5 Å². The van der Waals surface area contributed by atoms with Crippen LogP contribution in [0.2, 0.25) is 5.02 Å². The molecule has 0 radical (unpaired) electrons. The van der Waals surface area contributed by atoms with E-state index >= 15 is 0 Å². The Morgan fingerprint density at radius 2 is 1.69 bits per heavy atom. The Kier molecular flexibility index (Phi) is 4.20. The van der Waals surface area contributed by atoms with Crippen LogP contribution < -0.4 is 20.3 Å². The molecule has 2 aromatic carbocycles. The van der Waals surface area contributed by atoms with Crippen LogP contribution in [0, 0.1) is 0 Å². The van der Waals surface area contributed by atoms with Gasteiger partial charge >= 0.3 is 0 Å². The average Bonchev–Trinajstić information content (AvgIpc) is 3.48. The van der Waals surface area contributed by atoms with Crippen LogP contribution in [0.1, 0.15) is 18.4 Å². The molecule has 26 heavy (non-hydrogen) atoms. The number of carbonyl (C=O) groups excluding carboxylic acids is 2. The van der Waals surface area contributed by atoms with E-state index in [4.69, 9.17) is 21.1 Å². The van der Waals surface area contributed by atoms with Gasteiger partial charge in [0.1, 0.15) is 6.61 Å². The molecule has 7 heteroatoms. The number of nitrogens with one attached hydrogen (secondary N) is 2. The lowest BCUT2D eigenvalue weighted by Crippen LogP contribution is -2.53. The van der Waals surface area contributed by atoms with Crippen LogP contribution in [0.15, 0.2) is 48.5 Å². The second kappa shape index (κ2) is 6.53. The Morgan fingerprint density at radius 1 is 1.00 bits per heavy atom. The molecule has 0 aromatic heterocycles. The van der Waals surface area contributed by atoms with Crippen molar-refractivity contribution in [2.45, 2.75) is 24.4 Å². The van der Waals surface area contributed by atoms with Gasteiger partial charge in [0.25, 0.3) is 5.91 Å². The minimum atomic E-state index is -0.823. The molecule has 1 aliphatic carbocycles. The van der Waals surface area contributed by atoms with Gasteiger partial charge in [-0.05, 0) is 42.7 Å². The molecule has 0 spiro atoms. The number of hydrogen-bond acceptors (Lipinski definition) is 4. The fraction of sp³-hybridized carbons (Fsp3) is 0.263. The summed E-state index contributed by atoms with van der Waals surface area (Å²) in [6.45, 7) is 0.0844. The number of para-hydroxylation sites is 2. The van der Waals surface area contributed by atoms with Crippen molar-refractivity contribution in [3.63, 3.8) is 0 Å². The van der Waals surface area contributed by atoms with E-state index in [1.807, 2.05) is 18.2 Å². The second-order valence-electron chi connectivity index (χ2n) is 6.40. The van der Waals surface area contributed by atoms with E-state index in [2.05, 4.69) is 10.9 Å². The monoisotopic (exact) mass is 372 g/mol. The highest BCUT2D eigenvalue weighted by Crippen LogP contribution is 2.48. The van der Waals surface area contributed by atoms with Crippen molar-refractivity contribution in [3.8, 4) is 11.5 Å². The summed E-state index contributed by atoms with van der Waals surface area (Å²) in [7, 11) is 0. The number of hydrazine groups is 1. The van der Waals surface area contributed by atoms with E-state index in [1.165, 1.54) is 0 Å². The molecule has 2 aromatic rings. The first kappa shape index (κ1) is 16.7. The van der Waals surface area contributed by atoms with Gasteiger partial charge in [-0.25, -0.2) is 0 Å². The van der Waals surface area contributed by atoms with Crippen molar-refractivity contribution in [1.82, 2.24) is 10.9 Å². The average molecular weight is 373 g/mol. The van der Waals surface area contributed by atoms with Crippen LogP contribution in [-0.2, 0) is 15.0 Å². The largest absolute Gasteiger partial charge is 0.485 e. The van der Waals surface area contributed by atoms with Gasteiger partial charge in [0.15, 0.2) is 11.5 Å². The zero-order chi connectivity index (χ0) is 18.1. The molecule has 0 bridgehead atoms. The third-order valence-corrected chi connectivity index (χ3v) is 4.93. The summed E-state index contributed by atoms with van der Waals surface area (Å²) in [6, 6.07) is 14.3. The Hall–Kier alpha value is -2.73. The van der Waals surface area contributed by atoms with Crippen molar-refractivity contribution >= 4 is 23.4 Å². The molecular formula is C19H17ClN2O4. The molecule has 4 rings (SSSR count). The Morgan fingerprint density at radius 3 is 2.38 bits per heavy atom. The number of amides is 2. The van der Waals surface area contributed by atoms with Crippen molar-refractivity contribution in [1.29, 1.82) is 0 Å². The fourth-order valence-electron chi connectivity index (χ4n) is 3.01. The van der Waals surface area contributed by atoms with Crippen molar-refractivity contribution in [3.05, 3.63) is 59.1 Å². The maximum Gasteiger partial charge on any atom is 0.283 e. The van der Waals surface area contributed by atoms with E-state index in [0.717, 1.165) is 18.4 Å². The Balaban J connectivity index is 1.36. The minimum Gasteiger partial charge on any atom is -0.485 e. The predicted molar refractivity (Wildman–Crippen MR) is 95.0 cm³/mol. The van der Waals surface area contributed by atoms with Gasteiger partial charge in [-0.2, -0.15) is 0 Å². The number of carbonyl (C=O) groups is 2. The molecule has 134 valence electrons. The summed E-state index contributed by atoms with van der Waals surface area (Å²) >= 11 is 5.90. The van der Waals surface area contributed by atoms with Gasteiger partial charge in [0.05, 0.1) is 5.41 Å². The molecule has 1 fully saturated rings. The normalized spacial score (nSPS) is 19.3.